The van der Waals surface area contributed by atoms with Crippen LogP contribution in [-0.4, -0.2) is 95.6 Å². The summed E-state index contributed by atoms with van der Waals surface area (Å²) in [6, 6.07) is 6.32. The van der Waals surface area contributed by atoms with Crippen LogP contribution in [0.15, 0.2) is 24.3 Å². The first-order valence-electron chi connectivity index (χ1n) is 13.1. The van der Waals surface area contributed by atoms with Crippen molar-refractivity contribution in [2.75, 3.05) is 13.2 Å². The molecule has 3 amide bonds. The predicted octanol–water partition coefficient (Wildman–Crippen LogP) is 0.332. The number of amides is 3. The van der Waals surface area contributed by atoms with Gasteiger partial charge >= 0.3 is 5.97 Å². The number of carboxylic acid groups (broad SMARTS) is 1. The fraction of sp³-hybridized carbons (Fsp3) is 0.615. The van der Waals surface area contributed by atoms with Gasteiger partial charge in [0.1, 0.15) is 18.3 Å². The number of imide groups is 1. The number of hydrogen-bond donors (Lipinski definition) is 2. The highest BCUT2D eigenvalue weighted by Crippen LogP contribution is 2.42. The number of ether oxygens (including phenoxy) is 6. The highest BCUT2D eigenvalue weighted by atomic mass is 16.8. The van der Waals surface area contributed by atoms with Gasteiger partial charge in [0.15, 0.2) is 30.3 Å². The van der Waals surface area contributed by atoms with Crippen molar-refractivity contribution < 1.29 is 62.4 Å². The van der Waals surface area contributed by atoms with Crippen LogP contribution in [0.25, 0.3) is 0 Å². The number of carbonyl (C=O) groups excluding carboxylic acids is 3. The summed E-state index contributed by atoms with van der Waals surface area (Å²) >= 11 is 0. The maximum absolute atomic E-state index is 13.2. The Morgan fingerprint density at radius 3 is 1.90 bits per heavy atom. The van der Waals surface area contributed by atoms with E-state index in [0.717, 1.165) is 0 Å². The monoisotopic (exact) mass is 578 g/mol. The molecular weight excluding hydrogens is 548 g/mol. The van der Waals surface area contributed by atoms with Gasteiger partial charge in [-0.15, -0.1) is 5.06 Å². The molecule has 2 N–H and O–H groups in total. The van der Waals surface area contributed by atoms with Crippen molar-refractivity contribution in [1.82, 2.24) is 10.5 Å². The summed E-state index contributed by atoms with van der Waals surface area (Å²) in [5.41, 5.74) is 2.71. The van der Waals surface area contributed by atoms with E-state index < -0.39 is 84.1 Å². The number of hydroxylamine groups is 3. The van der Waals surface area contributed by atoms with Crippen molar-refractivity contribution in [3.8, 4) is 0 Å². The maximum atomic E-state index is 13.2. The molecule has 4 fully saturated rings. The van der Waals surface area contributed by atoms with Crippen LogP contribution in [0.1, 0.15) is 48.4 Å². The Balaban J connectivity index is 1.11. The van der Waals surface area contributed by atoms with E-state index >= 15 is 0 Å². The van der Waals surface area contributed by atoms with Gasteiger partial charge in [0.25, 0.3) is 17.7 Å². The molecule has 15 nitrogen and oxygen atoms in total. The number of fused-ring (bicyclic) bond motifs is 3. The molecule has 15 heteroatoms. The first-order valence-corrected chi connectivity index (χ1v) is 13.1. The van der Waals surface area contributed by atoms with Crippen LogP contribution in [-0.2, 0) is 47.7 Å². The molecule has 8 atom stereocenters. The summed E-state index contributed by atoms with van der Waals surface area (Å²) < 4.78 is 34.4. The molecule has 222 valence electrons. The fourth-order valence-electron chi connectivity index (χ4n) is 5.71. The Bertz CT molecular complexity index is 1230. The molecule has 5 heterocycles. The van der Waals surface area contributed by atoms with E-state index in [1.807, 2.05) is 0 Å². The number of carboxylic acids is 1. The average molecular weight is 579 g/mol. The van der Waals surface area contributed by atoms with Crippen LogP contribution >= 0.6 is 0 Å². The lowest BCUT2D eigenvalue weighted by molar-refractivity contribution is -0.220. The van der Waals surface area contributed by atoms with Crippen molar-refractivity contribution in [1.29, 1.82) is 0 Å². The van der Waals surface area contributed by atoms with Crippen LogP contribution in [0.5, 0.6) is 0 Å². The van der Waals surface area contributed by atoms with Crippen molar-refractivity contribution in [2.24, 2.45) is 11.8 Å². The third-order valence-electron chi connectivity index (χ3n) is 7.46. The molecule has 1 aromatic carbocycles. The number of hydrogen-bond acceptors (Lipinski definition) is 12. The number of nitrogens with zero attached hydrogens (tertiary/aromatic N) is 1. The molecule has 4 saturated heterocycles. The van der Waals surface area contributed by atoms with E-state index in [2.05, 4.69) is 5.48 Å². The standard InChI is InChI=1S/C26H30N2O13/c1-25(2)38-17-13(16(22(32)33)37-24(17)41-25)9-34-27-19(29)15-14(18-23(36-15)40-26(3,4)39-18)10-35-28-20(30)11-7-5-6-8-12(11)21(28)31/h5-8,13-18,23-24H,9-10H2,1-4H3,(H,27,29)(H,32,33)/t13-,14-,15+,16+,17-,18-,23-,24-/m1/s1. The molecule has 41 heavy (non-hydrogen) atoms. The topological polar surface area (TPSA) is 178 Å². The Labute approximate surface area is 233 Å². The molecule has 0 saturated carbocycles. The number of aliphatic carboxylic acids is 1. The summed E-state index contributed by atoms with van der Waals surface area (Å²) in [6.45, 7) is 6.15. The van der Waals surface area contributed by atoms with E-state index in [4.69, 9.17) is 38.1 Å². The normalized spacial score (nSPS) is 36.3. The van der Waals surface area contributed by atoms with Crippen LogP contribution < -0.4 is 5.48 Å². The molecule has 0 radical (unpaired) electrons. The van der Waals surface area contributed by atoms with Crippen molar-refractivity contribution in [2.45, 2.75) is 76.3 Å². The van der Waals surface area contributed by atoms with Crippen LogP contribution in [0.2, 0.25) is 0 Å². The summed E-state index contributed by atoms with van der Waals surface area (Å²) in [5, 5.41) is 10.2. The first-order chi connectivity index (χ1) is 19.3. The first kappa shape index (κ1) is 28.1. The zero-order valence-corrected chi connectivity index (χ0v) is 22.6. The summed E-state index contributed by atoms with van der Waals surface area (Å²) in [4.78, 5) is 61.4. The quantitative estimate of drug-likeness (QED) is 0.319. The molecule has 0 spiro atoms. The Morgan fingerprint density at radius 1 is 0.854 bits per heavy atom. The SMILES string of the molecule is CC1(C)O[C@H]2O[C@H](C(=O)O)[C@@H](CONC(=O)[C@H]3O[C@@H]4OC(C)(C)O[C@@H]4[C@@H]3CON3C(=O)c4ccccc4C3=O)[C@H]2O1. The second-order valence-electron chi connectivity index (χ2n) is 11.2. The minimum Gasteiger partial charge on any atom is -0.479 e. The lowest BCUT2D eigenvalue weighted by Gasteiger charge is -2.26. The smallest absolute Gasteiger partial charge is 0.333 e. The van der Waals surface area contributed by atoms with Gasteiger partial charge < -0.3 is 33.5 Å². The predicted molar refractivity (Wildman–Crippen MR) is 129 cm³/mol. The summed E-state index contributed by atoms with van der Waals surface area (Å²) in [5.74, 6) is -6.79. The molecule has 0 unspecified atom stereocenters. The highest BCUT2D eigenvalue weighted by Gasteiger charge is 2.59. The summed E-state index contributed by atoms with van der Waals surface area (Å²) in [6.07, 6.45) is -5.80. The molecule has 5 aliphatic rings. The highest BCUT2D eigenvalue weighted by molar-refractivity contribution is 6.20. The van der Waals surface area contributed by atoms with E-state index in [1.54, 1.807) is 39.8 Å². The van der Waals surface area contributed by atoms with E-state index in [-0.39, 0.29) is 24.3 Å². The molecule has 6 rings (SSSR count). The molecule has 0 bridgehead atoms. The Hall–Kier alpha value is -3.02. The second-order valence-corrected chi connectivity index (χ2v) is 11.2. The molecule has 1 aromatic rings. The largest absolute Gasteiger partial charge is 0.479 e. The van der Waals surface area contributed by atoms with Crippen LogP contribution in [0.3, 0.4) is 0 Å². The van der Waals surface area contributed by atoms with Gasteiger partial charge in [-0.3, -0.25) is 24.1 Å². The zero-order chi connectivity index (χ0) is 29.3. The van der Waals surface area contributed by atoms with Gasteiger partial charge in [0.2, 0.25) is 0 Å². The maximum Gasteiger partial charge on any atom is 0.333 e. The molecule has 0 aromatic heterocycles. The lowest BCUT2D eigenvalue weighted by Crippen LogP contribution is -2.45. The fourth-order valence-corrected chi connectivity index (χ4v) is 5.71. The van der Waals surface area contributed by atoms with Gasteiger partial charge in [-0.2, -0.15) is 0 Å². The lowest BCUT2D eigenvalue weighted by atomic mass is 9.99. The minimum absolute atomic E-state index is 0.208. The van der Waals surface area contributed by atoms with Crippen LogP contribution in [0, 0.1) is 11.8 Å². The van der Waals surface area contributed by atoms with Gasteiger partial charge in [0, 0.05) is 0 Å². The third kappa shape index (κ3) is 5.02. The van der Waals surface area contributed by atoms with Gasteiger partial charge in [0.05, 0.1) is 36.2 Å². The van der Waals surface area contributed by atoms with Gasteiger partial charge in [-0.25, -0.2) is 10.3 Å². The van der Waals surface area contributed by atoms with Crippen molar-refractivity contribution in [3.63, 3.8) is 0 Å². The summed E-state index contributed by atoms with van der Waals surface area (Å²) in [7, 11) is 0. The third-order valence-corrected chi connectivity index (χ3v) is 7.46. The average Bonchev–Trinajstić information content (AvgIpc) is 3.63. The molecule has 0 aliphatic carbocycles. The number of benzene rings is 1. The van der Waals surface area contributed by atoms with E-state index in [0.29, 0.717) is 5.06 Å². The Morgan fingerprint density at radius 2 is 1.37 bits per heavy atom. The Kier molecular flexibility index (Phi) is 6.90. The minimum atomic E-state index is -1.27. The number of carbonyl (C=O) groups is 4. The van der Waals surface area contributed by atoms with Crippen molar-refractivity contribution in [3.05, 3.63) is 35.4 Å². The molecular formula is C26H30N2O13. The van der Waals surface area contributed by atoms with Gasteiger partial charge in [-0.1, -0.05) is 12.1 Å². The number of nitrogens with one attached hydrogen (secondary N) is 1. The van der Waals surface area contributed by atoms with E-state index in [9.17, 15) is 24.3 Å². The van der Waals surface area contributed by atoms with Crippen LogP contribution in [0.4, 0.5) is 0 Å². The van der Waals surface area contributed by atoms with E-state index in [1.165, 1.54) is 12.1 Å². The molecule has 5 aliphatic heterocycles. The number of rotatable bonds is 8. The zero-order valence-electron chi connectivity index (χ0n) is 22.6. The van der Waals surface area contributed by atoms with Gasteiger partial charge in [-0.05, 0) is 39.8 Å². The second kappa shape index (κ2) is 10.1. The van der Waals surface area contributed by atoms with Crippen molar-refractivity contribution >= 4 is 23.7 Å².